The molecule has 2 aromatic heterocycles. The van der Waals surface area contributed by atoms with E-state index in [0.717, 1.165) is 11.3 Å². The number of hydrogen-bond donors (Lipinski definition) is 1. The third-order valence-electron chi connectivity index (χ3n) is 2.72. The third-order valence-corrected chi connectivity index (χ3v) is 2.72. The molecular formula is C14H20N4O. The van der Waals surface area contributed by atoms with Crippen molar-refractivity contribution < 1.29 is 4.74 Å². The molecule has 102 valence electrons. The zero-order chi connectivity index (χ0) is 13.8. The van der Waals surface area contributed by atoms with Crippen molar-refractivity contribution in [2.75, 3.05) is 5.32 Å². The normalized spacial score (nSPS) is 12.5. The van der Waals surface area contributed by atoms with Crippen LogP contribution in [0.25, 0.3) is 0 Å². The van der Waals surface area contributed by atoms with Crippen molar-refractivity contribution in [1.82, 2.24) is 14.8 Å². The van der Waals surface area contributed by atoms with Gasteiger partial charge in [0, 0.05) is 25.0 Å². The van der Waals surface area contributed by atoms with Gasteiger partial charge in [0.25, 0.3) is 0 Å². The Hall–Kier alpha value is -2.04. The number of nitrogens with zero attached hydrogens (tertiary/aromatic N) is 3. The van der Waals surface area contributed by atoms with E-state index in [0.29, 0.717) is 5.88 Å². The Morgan fingerprint density at radius 3 is 2.74 bits per heavy atom. The molecule has 0 aromatic carbocycles. The Balaban J connectivity index is 2.14. The lowest BCUT2D eigenvalue weighted by molar-refractivity contribution is 0.234. The first kappa shape index (κ1) is 13.4. The molecule has 0 radical (unpaired) electrons. The van der Waals surface area contributed by atoms with E-state index in [1.54, 1.807) is 10.9 Å². The summed E-state index contributed by atoms with van der Waals surface area (Å²) in [5, 5.41) is 7.58. The highest BCUT2D eigenvalue weighted by atomic mass is 16.5. The summed E-state index contributed by atoms with van der Waals surface area (Å²) in [5.41, 5.74) is 2.02. The molecule has 19 heavy (non-hydrogen) atoms. The summed E-state index contributed by atoms with van der Waals surface area (Å²) in [6.07, 6.45) is 5.69. The van der Waals surface area contributed by atoms with Crippen LogP contribution in [0.3, 0.4) is 0 Å². The van der Waals surface area contributed by atoms with Gasteiger partial charge in [-0.15, -0.1) is 0 Å². The predicted octanol–water partition coefficient (Wildman–Crippen LogP) is 2.78. The minimum atomic E-state index is 0.101. The third kappa shape index (κ3) is 3.47. The van der Waals surface area contributed by atoms with Crippen molar-refractivity contribution in [3.8, 4) is 5.88 Å². The molecule has 0 aliphatic carbocycles. The van der Waals surface area contributed by atoms with Crippen molar-refractivity contribution >= 4 is 5.69 Å². The van der Waals surface area contributed by atoms with Gasteiger partial charge in [0.2, 0.25) is 5.88 Å². The number of pyridine rings is 1. The fourth-order valence-corrected chi connectivity index (χ4v) is 1.80. The van der Waals surface area contributed by atoms with Gasteiger partial charge in [0.15, 0.2) is 0 Å². The van der Waals surface area contributed by atoms with E-state index in [9.17, 15) is 0 Å². The smallest absolute Gasteiger partial charge is 0.237 e. The predicted molar refractivity (Wildman–Crippen MR) is 75.2 cm³/mol. The molecule has 0 fully saturated rings. The van der Waals surface area contributed by atoms with Crippen LogP contribution in [0, 0.1) is 0 Å². The highest BCUT2D eigenvalue weighted by Crippen LogP contribution is 2.26. The standard InChI is InChI=1S/C14H20N4O/c1-10(2)19-14-13(6-5-7-15-14)17-11(3)12-8-16-18(4)9-12/h5-11,17H,1-4H3. The van der Waals surface area contributed by atoms with Gasteiger partial charge in [-0.1, -0.05) is 0 Å². The molecule has 0 aliphatic heterocycles. The van der Waals surface area contributed by atoms with Crippen LogP contribution in [-0.4, -0.2) is 20.9 Å². The van der Waals surface area contributed by atoms with Crippen molar-refractivity contribution in [3.05, 3.63) is 36.3 Å². The molecule has 0 spiro atoms. The topological polar surface area (TPSA) is 52.0 Å². The van der Waals surface area contributed by atoms with E-state index in [2.05, 4.69) is 22.3 Å². The molecule has 5 nitrogen and oxygen atoms in total. The Morgan fingerprint density at radius 1 is 1.32 bits per heavy atom. The number of nitrogens with one attached hydrogen (secondary N) is 1. The van der Waals surface area contributed by atoms with E-state index in [4.69, 9.17) is 4.74 Å². The molecule has 0 saturated carbocycles. The molecule has 5 heteroatoms. The average molecular weight is 260 g/mol. The Kier molecular flexibility index (Phi) is 4.04. The second-order valence-electron chi connectivity index (χ2n) is 4.84. The molecule has 2 rings (SSSR count). The van der Waals surface area contributed by atoms with Gasteiger partial charge >= 0.3 is 0 Å². The van der Waals surface area contributed by atoms with Gasteiger partial charge in [-0.25, -0.2) is 4.98 Å². The van der Waals surface area contributed by atoms with E-state index >= 15 is 0 Å². The van der Waals surface area contributed by atoms with E-state index in [-0.39, 0.29) is 12.1 Å². The monoisotopic (exact) mass is 260 g/mol. The molecule has 0 amide bonds. The maximum atomic E-state index is 5.69. The molecule has 2 aromatic rings. The second kappa shape index (κ2) is 5.73. The van der Waals surface area contributed by atoms with Crippen LogP contribution in [-0.2, 0) is 7.05 Å². The first-order chi connectivity index (χ1) is 9.06. The number of ether oxygens (including phenoxy) is 1. The number of aromatic nitrogens is 3. The average Bonchev–Trinajstić information content (AvgIpc) is 2.78. The molecule has 1 N–H and O–H groups in total. The van der Waals surface area contributed by atoms with Crippen molar-refractivity contribution in [2.24, 2.45) is 7.05 Å². The van der Waals surface area contributed by atoms with E-state index < -0.39 is 0 Å². The fourth-order valence-electron chi connectivity index (χ4n) is 1.80. The molecular weight excluding hydrogens is 240 g/mol. The highest BCUT2D eigenvalue weighted by molar-refractivity contribution is 5.53. The molecule has 0 saturated heterocycles. The lowest BCUT2D eigenvalue weighted by Crippen LogP contribution is -2.12. The van der Waals surface area contributed by atoms with Crippen LogP contribution in [0.1, 0.15) is 32.4 Å². The first-order valence-electron chi connectivity index (χ1n) is 6.43. The zero-order valence-corrected chi connectivity index (χ0v) is 11.8. The van der Waals surface area contributed by atoms with Crippen molar-refractivity contribution in [1.29, 1.82) is 0 Å². The minimum Gasteiger partial charge on any atom is -0.473 e. The lowest BCUT2D eigenvalue weighted by Gasteiger charge is -2.17. The first-order valence-corrected chi connectivity index (χ1v) is 6.43. The van der Waals surface area contributed by atoms with Gasteiger partial charge in [-0.2, -0.15) is 5.10 Å². The summed E-state index contributed by atoms with van der Waals surface area (Å²) in [6, 6.07) is 4.01. The fraction of sp³-hybridized carbons (Fsp3) is 0.429. The Labute approximate surface area is 113 Å². The Morgan fingerprint density at radius 2 is 2.11 bits per heavy atom. The molecule has 1 unspecified atom stereocenters. The molecule has 2 heterocycles. The molecule has 0 aliphatic rings. The summed E-state index contributed by atoms with van der Waals surface area (Å²) < 4.78 is 7.49. The minimum absolute atomic E-state index is 0.101. The quantitative estimate of drug-likeness (QED) is 0.898. The summed E-state index contributed by atoms with van der Waals surface area (Å²) in [5.74, 6) is 0.633. The lowest BCUT2D eigenvalue weighted by atomic mass is 10.2. The molecule has 0 bridgehead atoms. The summed E-state index contributed by atoms with van der Waals surface area (Å²) in [4.78, 5) is 4.27. The summed E-state index contributed by atoms with van der Waals surface area (Å²) >= 11 is 0. The maximum Gasteiger partial charge on any atom is 0.237 e. The van der Waals surface area contributed by atoms with Crippen LogP contribution in [0.15, 0.2) is 30.7 Å². The Bertz CT molecular complexity index is 536. The van der Waals surface area contributed by atoms with Crippen LogP contribution < -0.4 is 10.1 Å². The number of aryl methyl sites for hydroxylation is 1. The second-order valence-corrected chi connectivity index (χ2v) is 4.84. The number of anilines is 1. The van der Waals surface area contributed by atoms with Gasteiger partial charge in [-0.05, 0) is 32.9 Å². The van der Waals surface area contributed by atoms with Crippen LogP contribution in [0.5, 0.6) is 5.88 Å². The van der Waals surface area contributed by atoms with Crippen LogP contribution in [0.2, 0.25) is 0 Å². The summed E-state index contributed by atoms with van der Waals surface area (Å²) in [7, 11) is 1.91. The number of hydrogen-bond acceptors (Lipinski definition) is 4. The number of rotatable bonds is 5. The SMILES string of the molecule is CC(C)Oc1ncccc1NC(C)c1cnn(C)c1. The van der Waals surface area contributed by atoms with Gasteiger partial charge in [-0.3, -0.25) is 4.68 Å². The highest BCUT2D eigenvalue weighted by Gasteiger charge is 2.12. The van der Waals surface area contributed by atoms with Crippen LogP contribution in [0.4, 0.5) is 5.69 Å². The molecule has 1 atom stereocenters. The van der Waals surface area contributed by atoms with Crippen molar-refractivity contribution in [3.63, 3.8) is 0 Å². The zero-order valence-electron chi connectivity index (χ0n) is 11.8. The van der Waals surface area contributed by atoms with E-state index in [1.807, 2.05) is 45.4 Å². The van der Waals surface area contributed by atoms with Gasteiger partial charge in [0.1, 0.15) is 0 Å². The summed E-state index contributed by atoms with van der Waals surface area (Å²) in [6.45, 7) is 6.06. The van der Waals surface area contributed by atoms with Crippen molar-refractivity contribution in [2.45, 2.75) is 32.9 Å². The van der Waals surface area contributed by atoms with Crippen LogP contribution >= 0.6 is 0 Å². The maximum absolute atomic E-state index is 5.69. The van der Waals surface area contributed by atoms with Gasteiger partial charge in [0.05, 0.1) is 24.0 Å². The largest absolute Gasteiger partial charge is 0.473 e. The van der Waals surface area contributed by atoms with E-state index in [1.165, 1.54) is 0 Å². The van der Waals surface area contributed by atoms with Gasteiger partial charge < -0.3 is 10.1 Å².